The molecule has 0 saturated heterocycles. The van der Waals surface area contributed by atoms with Crippen LogP contribution in [0.3, 0.4) is 0 Å². The van der Waals surface area contributed by atoms with Crippen LogP contribution in [0.15, 0.2) is 44.7 Å². The molecule has 3 rings (SSSR count). The third-order valence-electron chi connectivity index (χ3n) is 4.74. The second kappa shape index (κ2) is 9.94. The lowest BCUT2D eigenvalue weighted by atomic mass is 10.1. The fraction of sp³-hybridized carbons (Fsp3) is 0.273. The molecule has 0 aliphatic heterocycles. The Morgan fingerprint density at radius 3 is 2.84 bits per heavy atom. The second-order valence-corrected chi connectivity index (χ2v) is 8.11. The number of methoxy groups -OCH3 is 1. The first-order chi connectivity index (χ1) is 14.9. The third kappa shape index (κ3) is 4.89. The van der Waals surface area contributed by atoms with E-state index >= 15 is 0 Å². The van der Waals surface area contributed by atoms with E-state index in [0.717, 1.165) is 10.9 Å². The summed E-state index contributed by atoms with van der Waals surface area (Å²) < 4.78 is 12.8. The summed E-state index contributed by atoms with van der Waals surface area (Å²) in [5.41, 5.74) is 0.964. The minimum atomic E-state index is -0.259. The minimum absolute atomic E-state index is 0.0257. The van der Waals surface area contributed by atoms with Crippen LogP contribution in [-0.2, 0) is 0 Å². The molecular formula is C22H20BrClN4O3. The van der Waals surface area contributed by atoms with E-state index in [2.05, 4.69) is 26.0 Å². The van der Waals surface area contributed by atoms with E-state index in [1.54, 1.807) is 18.2 Å². The summed E-state index contributed by atoms with van der Waals surface area (Å²) in [7, 11) is 1.47. The van der Waals surface area contributed by atoms with Crippen molar-refractivity contribution in [1.82, 2.24) is 9.66 Å². The molecule has 0 bridgehead atoms. The van der Waals surface area contributed by atoms with Crippen LogP contribution >= 0.6 is 27.5 Å². The Balaban J connectivity index is 2.12. The fourth-order valence-corrected chi connectivity index (χ4v) is 3.60. The molecular weight excluding hydrogens is 484 g/mol. The zero-order chi connectivity index (χ0) is 22.5. The average molecular weight is 504 g/mol. The van der Waals surface area contributed by atoms with E-state index in [1.807, 2.05) is 32.0 Å². The molecule has 0 aliphatic rings. The van der Waals surface area contributed by atoms with Crippen molar-refractivity contribution in [2.45, 2.75) is 26.2 Å². The Labute approximate surface area is 193 Å². The molecule has 0 radical (unpaired) electrons. The van der Waals surface area contributed by atoms with Gasteiger partial charge in [-0.3, -0.25) is 4.79 Å². The van der Waals surface area contributed by atoms with Gasteiger partial charge in [-0.25, -0.2) is 4.98 Å². The molecule has 9 heteroatoms. The highest BCUT2D eigenvalue weighted by Gasteiger charge is 2.16. The molecule has 0 unspecified atom stereocenters. The van der Waals surface area contributed by atoms with Crippen LogP contribution in [0.25, 0.3) is 10.9 Å². The lowest BCUT2D eigenvalue weighted by Crippen LogP contribution is -2.23. The van der Waals surface area contributed by atoms with E-state index < -0.39 is 0 Å². The first kappa shape index (κ1) is 22.8. The smallest absolute Gasteiger partial charge is 0.282 e. The summed E-state index contributed by atoms with van der Waals surface area (Å²) in [6.45, 7) is 3.87. The van der Waals surface area contributed by atoms with Gasteiger partial charge in [0.15, 0.2) is 18.1 Å². The summed E-state index contributed by atoms with van der Waals surface area (Å²) >= 11 is 9.70. The Morgan fingerprint density at radius 1 is 1.39 bits per heavy atom. The lowest BCUT2D eigenvalue weighted by molar-refractivity contribution is 0.330. The highest BCUT2D eigenvalue weighted by Crippen LogP contribution is 2.36. The van der Waals surface area contributed by atoms with Gasteiger partial charge in [-0.15, -0.1) is 0 Å². The van der Waals surface area contributed by atoms with Gasteiger partial charge in [0, 0.05) is 10.4 Å². The Morgan fingerprint density at radius 2 is 2.16 bits per heavy atom. The first-order valence-electron chi connectivity index (χ1n) is 9.53. The molecule has 7 nitrogen and oxygen atoms in total. The van der Waals surface area contributed by atoms with Crippen molar-refractivity contribution in [3.05, 3.63) is 61.6 Å². The molecule has 160 valence electrons. The largest absolute Gasteiger partial charge is 0.493 e. The maximum Gasteiger partial charge on any atom is 0.282 e. The monoisotopic (exact) mass is 502 g/mol. The van der Waals surface area contributed by atoms with Gasteiger partial charge in [-0.05, 0) is 42.3 Å². The molecule has 1 atom stereocenters. The van der Waals surface area contributed by atoms with Gasteiger partial charge < -0.3 is 9.47 Å². The van der Waals surface area contributed by atoms with Crippen LogP contribution in [0.1, 0.15) is 37.6 Å². The summed E-state index contributed by atoms with van der Waals surface area (Å²) in [6.07, 6.45) is 2.32. The van der Waals surface area contributed by atoms with E-state index in [-0.39, 0.29) is 28.9 Å². The maximum atomic E-state index is 13.2. The molecule has 1 heterocycles. The van der Waals surface area contributed by atoms with Crippen molar-refractivity contribution >= 4 is 44.6 Å². The quantitative estimate of drug-likeness (QED) is 0.418. The number of hydrogen-bond acceptors (Lipinski definition) is 6. The summed E-state index contributed by atoms with van der Waals surface area (Å²) in [5.74, 6) is 1.24. The van der Waals surface area contributed by atoms with Crippen LogP contribution in [-0.4, -0.2) is 29.6 Å². The number of halogens is 2. The number of aromatic nitrogens is 2. The molecule has 0 amide bonds. The van der Waals surface area contributed by atoms with Crippen LogP contribution in [0.5, 0.6) is 11.5 Å². The molecule has 0 aliphatic carbocycles. The summed E-state index contributed by atoms with van der Waals surface area (Å²) in [6, 6.07) is 10.6. The molecule has 0 spiro atoms. The number of nitrogens with zero attached hydrogens (tertiary/aromatic N) is 4. The van der Waals surface area contributed by atoms with Gasteiger partial charge in [-0.1, -0.05) is 41.4 Å². The molecule has 3 aromatic rings. The van der Waals surface area contributed by atoms with Gasteiger partial charge in [0.05, 0.1) is 29.2 Å². The number of fused-ring (bicyclic) bond motifs is 1. The normalized spacial score (nSPS) is 12.1. The minimum Gasteiger partial charge on any atom is -0.493 e. The van der Waals surface area contributed by atoms with Gasteiger partial charge >= 0.3 is 0 Å². The van der Waals surface area contributed by atoms with E-state index in [1.165, 1.54) is 18.0 Å². The molecule has 1 aromatic heterocycles. The Hall–Kier alpha value is -2.89. The number of benzene rings is 2. The number of rotatable bonds is 7. The maximum absolute atomic E-state index is 13.2. The highest BCUT2D eigenvalue weighted by molar-refractivity contribution is 9.10. The molecule has 0 N–H and O–H groups in total. The van der Waals surface area contributed by atoms with Crippen molar-refractivity contribution in [3.63, 3.8) is 0 Å². The zero-order valence-electron chi connectivity index (χ0n) is 17.2. The van der Waals surface area contributed by atoms with Crippen molar-refractivity contribution in [2.75, 3.05) is 13.7 Å². The highest BCUT2D eigenvalue weighted by atomic mass is 79.9. The SMILES string of the molecule is CC[C@@H](C)c1nc2ccc(Br)cc2c(=O)n1N=Cc1cc(Cl)c(OCC#N)c(OC)c1. The van der Waals surface area contributed by atoms with Gasteiger partial charge in [0.25, 0.3) is 5.56 Å². The molecule has 2 aromatic carbocycles. The second-order valence-electron chi connectivity index (χ2n) is 6.78. The Bertz CT molecular complexity index is 1250. The number of ether oxygens (including phenoxy) is 2. The van der Waals surface area contributed by atoms with Crippen LogP contribution in [0.2, 0.25) is 5.02 Å². The van der Waals surface area contributed by atoms with Gasteiger partial charge in [-0.2, -0.15) is 15.0 Å². The summed E-state index contributed by atoms with van der Waals surface area (Å²) in [5, 5.41) is 13.9. The lowest BCUT2D eigenvalue weighted by Gasteiger charge is -2.14. The van der Waals surface area contributed by atoms with Crippen LogP contribution in [0, 0.1) is 11.3 Å². The van der Waals surface area contributed by atoms with E-state index in [4.69, 9.17) is 26.3 Å². The van der Waals surface area contributed by atoms with E-state index in [0.29, 0.717) is 28.0 Å². The van der Waals surface area contributed by atoms with Crippen molar-refractivity contribution in [3.8, 4) is 17.6 Å². The van der Waals surface area contributed by atoms with Crippen molar-refractivity contribution < 1.29 is 9.47 Å². The van der Waals surface area contributed by atoms with Gasteiger partial charge in [0.2, 0.25) is 0 Å². The topological polar surface area (TPSA) is 89.5 Å². The van der Waals surface area contributed by atoms with Crippen molar-refractivity contribution in [1.29, 1.82) is 5.26 Å². The molecule has 0 saturated carbocycles. The van der Waals surface area contributed by atoms with Crippen molar-refractivity contribution in [2.24, 2.45) is 5.10 Å². The predicted molar refractivity (Wildman–Crippen MR) is 125 cm³/mol. The zero-order valence-corrected chi connectivity index (χ0v) is 19.6. The van der Waals surface area contributed by atoms with Crippen LogP contribution < -0.4 is 15.0 Å². The fourth-order valence-electron chi connectivity index (χ4n) is 2.96. The Kier molecular flexibility index (Phi) is 7.31. The first-order valence-corrected chi connectivity index (χ1v) is 10.7. The standard InChI is InChI=1S/C22H20BrClN4O3/c1-4-13(2)21-27-18-6-5-15(23)11-16(18)22(29)28(21)26-12-14-9-17(24)20(31-8-7-25)19(10-14)30-3/h5-6,9-13H,4,8H2,1-3H3/t13-/m1/s1. The predicted octanol–water partition coefficient (Wildman–Crippen LogP) is 5.12. The third-order valence-corrected chi connectivity index (χ3v) is 5.52. The van der Waals surface area contributed by atoms with E-state index in [9.17, 15) is 4.79 Å². The summed E-state index contributed by atoms with van der Waals surface area (Å²) in [4.78, 5) is 17.9. The molecule has 0 fully saturated rings. The molecule has 31 heavy (non-hydrogen) atoms. The average Bonchev–Trinajstić information content (AvgIpc) is 2.77. The van der Waals surface area contributed by atoms with Crippen LogP contribution in [0.4, 0.5) is 0 Å². The number of hydrogen-bond donors (Lipinski definition) is 0. The number of nitriles is 1. The van der Waals surface area contributed by atoms with Gasteiger partial charge in [0.1, 0.15) is 11.9 Å².